The second-order valence-electron chi connectivity index (χ2n) is 5.37. The van der Waals surface area contributed by atoms with Crippen molar-refractivity contribution in [2.75, 3.05) is 11.9 Å². The molecular formula is C17H19BrN4. The number of pyridine rings is 1. The Morgan fingerprint density at radius 3 is 2.77 bits per heavy atom. The number of fused-ring (bicyclic) bond motifs is 1. The van der Waals surface area contributed by atoms with Gasteiger partial charge in [0.1, 0.15) is 5.65 Å². The average molecular weight is 359 g/mol. The molecule has 0 bridgehead atoms. The molecule has 0 fully saturated rings. The number of aryl methyl sites for hydroxylation is 1. The maximum Gasteiger partial charge on any atom is 0.139 e. The molecule has 0 atom stereocenters. The Kier molecular flexibility index (Phi) is 4.45. The van der Waals surface area contributed by atoms with E-state index in [1.165, 1.54) is 5.56 Å². The summed E-state index contributed by atoms with van der Waals surface area (Å²) >= 11 is 3.54. The van der Waals surface area contributed by atoms with Gasteiger partial charge < -0.3 is 15.5 Å². The molecule has 22 heavy (non-hydrogen) atoms. The Morgan fingerprint density at radius 1 is 1.27 bits per heavy atom. The zero-order chi connectivity index (χ0) is 15.5. The summed E-state index contributed by atoms with van der Waals surface area (Å²) in [4.78, 5) is 4.50. The van der Waals surface area contributed by atoms with Gasteiger partial charge in [-0.3, -0.25) is 0 Å². The Morgan fingerprint density at radius 2 is 2.05 bits per heavy atom. The highest BCUT2D eigenvalue weighted by Crippen LogP contribution is 2.19. The number of hydrogen-bond donors (Lipinski definition) is 2. The number of aromatic nitrogens is 2. The lowest BCUT2D eigenvalue weighted by atomic mass is 10.1. The molecule has 2 heterocycles. The van der Waals surface area contributed by atoms with Crippen molar-refractivity contribution < 1.29 is 0 Å². The van der Waals surface area contributed by atoms with Crippen LogP contribution in [0.15, 0.2) is 47.2 Å². The van der Waals surface area contributed by atoms with Gasteiger partial charge in [-0.15, -0.1) is 0 Å². The summed E-state index contributed by atoms with van der Waals surface area (Å²) in [5.74, 6) is 0. The smallest absolute Gasteiger partial charge is 0.139 e. The van der Waals surface area contributed by atoms with Crippen molar-refractivity contribution in [2.24, 2.45) is 5.73 Å². The zero-order valence-corrected chi connectivity index (χ0v) is 14.1. The predicted molar refractivity (Wildman–Crippen MR) is 94.2 cm³/mol. The number of rotatable bonds is 5. The van der Waals surface area contributed by atoms with E-state index >= 15 is 0 Å². The van der Waals surface area contributed by atoms with Gasteiger partial charge in [0.2, 0.25) is 0 Å². The van der Waals surface area contributed by atoms with Gasteiger partial charge in [0.15, 0.2) is 0 Å². The molecule has 4 nitrogen and oxygen atoms in total. The standard InChI is InChI=1S/C17H19BrN4/c1-12-8-14(18)11-22-16(10-21-17(12)22)9-20-15-4-2-13(3-5-15)6-7-19/h2-5,8,10-11,20H,6-7,9,19H2,1H3. The number of nitrogens with one attached hydrogen (secondary N) is 1. The largest absolute Gasteiger partial charge is 0.379 e. The first-order valence-electron chi connectivity index (χ1n) is 7.32. The third-order valence-corrected chi connectivity index (χ3v) is 4.13. The molecule has 3 N–H and O–H groups in total. The third-order valence-electron chi connectivity index (χ3n) is 3.69. The summed E-state index contributed by atoms with van der Waals surface area (Å²) < 4.78 is 3.18. The fraction of sp³-hybridized carbons (Fsp3) is 0.235. The fourth-order valence-electron chi connectivity index (χ4n) is 2.54. The zero-order valence-electron chi connectivity index (χ0n) is 12.5. The summed E-state index contributed by atoms with van der Waals surface area (Å²) in [5.41, 5.74) is 11.2. The number of halogens is 1. The van der Waals surface area contributed by atoms with Gasteiger partial charge >= 0.3 is 0 Å². The number of hydrogen-bond acceptors (Lipinski definition) is 3. The summed E-state index contributed by atoms with van der Waals surface area (Å²) in [6.45, 7) is 3.48. The number of nitrogens with zero attached hydrogens (tertiary/aromatic N) is 2. The van der Waals surface area contributed by atoms with E-state index in [0.29, 0.717) is 6.54 Å². The Labute approximate surface area is 138 Å². The van der Waals surface area contributed by atoms with E-state index < -0.39 is 0 Å². The normalized spacial score (nSPS) is 11.0. The summed E-state index contributed by atoms with van der Waals surface area (Å²) in [6, 6.07) is 10.5. The van der Waals surface area contributed by atoms with E-state index in [2.05, 4.69) is 74.1 Å². The first-order valence-corrected chi connectivity index (χ1v) is 8.11. The molecule has 0 unspecified atom stereocenters. The molecule has 0 spiro atoms. The van der Waals surface area contributed by atoms with Crippen molar-refractivity contribution in [1.82, 2.24) is 9.38 Å². The Hall–Kier alpha value is -1.85. The highest BCUT2D eigenvalue weighted by molar-refractivity contribution is 9.10. The van der Waals surface area contributed by atoms with E-state index in [0.717, 1.165) is 40.0 Å². The molecule has 3 aromatic rings. The first kappa shape index (κ1) is 15.1. The highest BCUT2D eigenvalue weighted by Gasteiger charge is 2.06. The van der Waals surface area contributed by atoms with E-state index in [1.807, 2.05) is 6.20 Å². The van der Waals surface area contributed by atoms with Gasteiger partial charge in [-0.1, -0.05) is 12.1 Å². The Balaban J connectivity index is 1.76. The summed E-state index contributed by atoms with van der Waals surface area (Å²) in [7, 11) is 0. The van der Waals surface area contributed by atoms with Crippen molar-refractivity contribution in [3.63, 3.8) is 0 Å². The molecule has 1 aromatic carbocycles. The highest BCUT2D eigenvalue weighted by atomic mass is 79.9. The van der Waals surface area contributed by atoms with Crippen molar-refractivity contribution in [3.8, 4) is 0 Å². The van der Waals surface area contributed by atoms with E-state index in [1.54, 1.807) is 0 Å². The maximum absolute atomic E-state index is 5.57. The summed E-state index contributed by atoms with van der Waals surface area (Å²) in [6.07, 6.45) is 4.89. The lowest BCUT2D eigenvalue weighted by Gasteiger charge is -2.08. The number of nitrogens with two attached hydrogens (primary N) is 1. The van der Waals surface area contributed by atoms with Crippen LogP contribution >= 0.6 is 15.9 Å². The topological polar surface area (TPSA) is 55.3 Å². The van der Waals surface area contributed by atoms with Gasteiger partial charge in [0, 0.05) is 16.4 Å². The minimum Gasteiger partial charge on any atom is -0.379 e. The minimum absolute atomic E-state index is 0.683. The second kappa shape index (κ2) is 6.50. The third kappa shape index (κ3) is 3.15. The minimum atomic E-state index is 0.683. The van der Waals surface area contributed by atoms with Crippen LogP contribution in [0, 0.1) is 6.92 Å². The number of imidazole rings is 1. The molecule has 0 saturated carbocycles. The lowest BCUT2D eigenvalue weighted by Crippen LogP contribution is -2.04. The second-order valence-corrected chi connectivity index (χ2v) is 6.29. The van der Waals surface area contributed by atoms with Crippen molar-refractivity contribution in [2.45, 2.75) is 19.9 Å². The van der Waals surface area contributed by atoms with Crippen LogP contribution in [0.3, 0.4) is 0 Å². The maximum atomic E-state index is 5.57. The van der Waals surface area contributed by atoms with Crippen LogP contribution < -0.4 is 11.1 Å². The molecule has 5 heteroatoms. The molecule has 0 aliphatic rings. The van der Waals surface area contributed by atoms with Crippen molar-refractivity contribution in [3.05, 3.63) is 64.0 Å². The quantitative estimate of drug-likeness (QED) is 0.733. The van der Waals surface area contributed by atoms with Crippen molar-refractivity contribution >= 4 is 27.3 Å². The Bertz CT molecular complexity index is 777. The molecule has 0 aliphatic heterocycles. The monoisotopic (exact) mass is 358 g/mol. The van der Waals surface area contributed by atoms with E-state index in [9.17, 15) is 0 Å². The molecule has 3 rings (SSSR count). The SMILES string of the molecule is Cc1cc(Br)cn2c(CNc3ccc(CCN)cc3)cnc12. The lowest BCUT2D eigenvalue weighted by molar-refractivity contribution is 0.967. The number of benzene rings is 1. The first-order chi connectivity index (χ1) is 10.7. The van der Waals surface area contributed by atoms with Crippen LogP contribution in [0.2, 0.25) is 0 Å². The molecule has 0 radical (unpaired) electrons. The molecule has 114 valence electrons. The molecule has 0 aliphatic carbocycles. The van der Waals surface area contributed by atoms with Gasteiger partial charge in [-0.2, -0.15) is 0 Å². The average Bonchev–Trinajstić information content (AvgIpc) is 2.90. The van der Waals surface area contributed by atoms with Crippen LogP contribution in [-0.4, -0.2) is 15.9 Å². The van der Waals surface area contributed by atoms with Crippen molar-refractivity contribution in [1.29, 1.82) is 0 Å². The van der Waals surface area contributed by atoms with Crippen LogP contribution in [0.25, 0.3) is 5.65 Å². The van der Waals surface area contributed by atoms with Gasteiger partial charge in [-0.25, -0.2) is 4.98 Å². The van der Waals surface area contributed by atoms with Crippen LogP contribution in [0.4, 0.5) is 5.69 Å². The van der Waals surface area contributed by atoms with Gasteiger partial charge in [0.05, 0.1) is 18.4 Å². The van der Waals surface area contributed by atoms with E-state index in [4.69, 9.17) is 5.73 Å². The molecule has 2 aromatic heterocycles. The van der Waals surface area contributed by atoms with E-state index in [-0.39, 0.29) is 0 Å². The summed E-state index contributed by atoms with van der Waals surface area (Å²) in [5, 5.41) is 3.44. The molecular weight excluding hydrogens is 340 g/mol. The predicted octanol–water partition coefficient (Wildman–Crippen LogP) is 3.52. The van der Waals surface area contributed by atoms with Crippen LogP contribution in [0.5, 0.6) is 0 Å². The fourth-order valence-corrected chi connectivity index (χ4v) is 3.09. The van der Waals surface area contributed by atoms with Crippen LogP contribution in [0.1, 0.15) is 16.8 Å². The van der Waals surface area contributed by atoms with Gasteiger partial charge in [0.25, 0.3) is 0 Å². The molecule has 0 saturated heterocycles. The molecule has 0 amide bonds. The number of anilines is 1. The van der Waals surface area contributed by atoms with Gasteiger partial charge in [-0.05, 0) is 65.1 Å². The van der Waals surface area contributed by atoms with Crippen LogP contribution in [-0.2, 0) is 13.0 Å².